The Morgan fingerprint density at radius 2 is 0.579 bits per heavy atom. The zero-order valence-corrected chi connectivity index (χ0v) is 29.6. The summed E-state index contributed by atoms with van der Waals surface area (Å²) in [6.45, 7) is 31.0. The van der Waals surface area contributed by atoms with Gasteiger partial charge in [-0.1, -0.05) is 24.3 Å². The molecule has 0 aliphatic carbocycles. The van der Waals surface area contributed by atoms with Gasteiger partial charge in [-0.2, -0.15) is 10.5 Å². The van der Waals surface area contributed by atoms with Crippen molar-refractivity contribution in [3.8, 4) is 29.2 Å². The van der Waals surface area contributed by atoms with Crippen molar-refractivity contribution >= 4 is 88.2 Å². The molecule has 0 N–H and O–H groups in total. The topological polar surface area (TPSA) is 79.8 Å². The molecule has 0 spiro atoms. The molecule has 9 nitrogen and oxygen atoms in total. The van der Waals surface area contributed by atoms with Gasteiger partial charge in [-0.25, -0.2) is 19.4 Å². The van der Waals surface area contributed by atoms with E-state index in [4.69, 9.17) is 26.3 Å². The van der Waals surface area contributed by atoms with Crippen LogP contribution in [0.15, 0.2) is 127 Å². The lowest BCUT2D eigenvalue weighted by Crippen LogP contribution is -2.03. The summed E-state index contributed by atoms with van der Waals surface area (Å²) in [5.41, 5.74) is 10.5. The molecule has 3 aromatic heterocycles. The zero-order chi connectivity index (χ0) is 38.9. The van der Waals surface area contributed by atoms with Crippen LogP contribution in [0.1, 0.15) is 11.1 Å². The lowest BCUT2D eigenvalue weighted by molar-refractivity contribution is 1.10. The van der Waals surface area contributed by atoms with Gasteiger partial charge in [-0.15, -0.1) is 0 Å². The number of hydrogen-bond acceptors (Lipinski definition) is 2. The van der Waals surface area contributed by atoms with Gasteiger partial charge in [0.15, 0.2) is 22.7 Å². The highest BCUT2D eigenvalue weighted by Crippen LogP contribution is 2.42. The number of nitriles is 2. The van der Waals surface area contributed by atoms with Gasteiger partial charge >= 0.3 is 0 Å². The molecule has 0 unspecified atom stereocenters. The summed E-state index contributed by atoms with van der Waals surface area (Å²) in [6, 6.07) is 44.4. The summed E-state index contributed by atoms with van der Waals surface area (Å²) >= 11 is 0. The zero-order valence-electron chi connectivity index (χ0n) is 29.6. The Balaban J connectivity index is 1.38. The third-order valence-electron chi connectivity index (χ3n) is 10.7. The first kappa shape index (κ1) is 32.5. The fourth-order valence-corrected chi connectivity index (χ4v) is 8.24. The number of hydrogen-bond donors (Lipinski definition) is 0. The second-order valence-corrected chi connectivity index (χ2v) is 13.7. The molecule has 57 heavy (non-hydrogen) atoms. The van der Waals surface area contributed by atoms with Crippen LogP contribution in [-0.2, 0) is 0 Å². The van der Waals surface area contributed by atoms with E-state index in [1.54, 1.807) is 36.4 Å². The standard InChI is InChI=1S/C48H21N9/c1-51-30-7-13-45-39(19-30)40-20-31(52-2)8-14-46(40)56(45)35-23-34(55-43-11-5-28(26-49)17-37(43)38-18-29(27-50)6-12-44(38)55)24-36(25-35)57-47-15-9-32(53-3)21-41(47)42-22-33(54-4)10-16-48(42)57/h5-25H. The number of nitrogens with zero attached hydrogens (tertiary/aromatic N) is 9. The monoisotopic (exact) mass is 723 g/mol. The molecule has 0 atom stereocenters. The van der Waals surface area contributed by atoms with Crippen LogP contribution < -0.4 is 0 Å². The van der Waals surface area contributed by atoms with Gasteiger partial charge in [0.05, 0.1) is 99.7 Å². The summed E-state index contributed by atoms with van der Waals surface area (Å²) in [7, 11) is 0. The van der Waals surface area contributed by atoms with Crippen LogP contribution >= 0.6 is 0 Å². The Morgan fingerprint density at radius 3 is 0.825 bits per heavy atom. The summed E-state index contributed by atoms with van der Waals surface area (Å²) in [6.07, 6.45) is 0. The molecule has 0 fully saturated rings. The van der Waals surface area contributed by atoms with E-state index in [1.165, 1.54) is 0 Å². The van der Waals surface area contributed by atoms with E-state index >= 15 is 0 Å². The van der Waals surface area contributed by atoms with Crippen molar-refractivity contribution in [1.29, 1.82) is 10.5 Å². The van der Waals surface area contributed by atoms with E-state index < -0.39 is 0 Å². The SMILES string of the molecule is [C-]#[N+]c1ccc2c(c1)c1cc([N+]#[C-])ccc1n2-c1cc(-n2c3ccc(C#N)cc3c3cc(C#N)ccc32)cc(-n2c3ccc([N+]#[C-])cc3c3cc([N+]#[C-])ccc32)c1. The molecule has 0 aliphatic heterocycles. The van der Waals surface area contributed by atoms with Crippen LogP contribution in [0, 0.1) is 49.0 Å². The molecule has 0 saturated heterocycles. The lowest BCUT2D eigenvalue weighted by atomic mass is 10.1. The Morgan fingerprint density at radius 1 is 0.333 bits per heavy atom. The van der Waals surface area contributed by atoms with Gasteiger partial charge in [-0.3, -0.25) is 0 Å². The quantitative estimate of drug-likeness (QED) is 0.170. The van der Waals surface area contributed by atoms with Gasteiger partial charge in [0.25, 0.3) is 0 Å². The van der Waals surface area contributed by atoms with Crippen molar-refractivity contribution in [2.24, 2.45) is 0 Å². The van der Waals surface area contributed by atoms with Crippen molar-refractivity contribution in [2.75, 3.05) is 0 Å². The van der Waals surface area contributed by atoms with E-state index in [0.717, 1.165) is 82.5 Å². The van der Waals surface area contributed by atoms with Crippen LogP contribution in [0.2, 0.25) is 0 Å². The van der Waals surface area contributed by atoms with Crippen molar-refractivity contribution in [3.63, 3.8) is 0 Å². The minimum absolute atomic E-state index is 0.491. The third kappa shape index (κ3) is 4.76. The van der Waals surface area contributed by atoms with Gasteiger partial charge in [0.1, 0.15) is 0 Å². The summed E-state index contributed by atoms with van der Waals surface area (Å²) < 4.78 is 6.44. The number of aromatic nitrogens is 3. The maximum absolute atomic E-state index is 9.88. The molecule has 0 aliphatic rings. The van der Waals surface area contributed by atoms with Crippen LogP contribution in [0.4, 0.5) is 22.7 Å². The Labute approximate surface area is 324 Å². The first-order valence-corrected chi connectivity index (χ1v) is 17.7. The Kier molecular flexibility index (Phi) is 6.97. The van der Waals surface area contributed by atoms with Crippen molar-refractivity contribution in [1.82, 2.24) is 13.7 Å². The molecule has 10 aromatic rings. The fourth-order valence-electron chi connectivity index (χ4n) is 8.24. The third-order valence-corrected chi connectivity index (χ3v) is 10.7. The minimum Gasteiger partial charge on any atom is -0.309 e. The lowest BCUT2D eigenvalue weighted by Gasteiger charge is -2.17. The molecule has 0 radical (unpaired) electrons. The van der Waals surface area contributed by atoms with E-state index in [-0.39, 0.29) is 0 Å². The van der Waals surface area contributed by atoms with E-state index in [9.17, 15) is 10.5 Å². The highest BCUT2D eigenvalue weighted by molar-refractivity contribution is 6.14. The maximum atomic E-state index is 9.88. The minimum atomic E-state index is 0.491. The van der Waals surface area contributed by atoms with Crippen molar-refractivity contribution in [3.05, 3.63) is 184 Å². The smallest absolute Gasteiger partial charge is 0.188 e. The number of fused-ring (bicyclic) bond motifs is 9. The Bertz CT molecular complexity index is 3100. The molecule has 0 saturated carbocycles. The molecular formula is C48H21N9. The van der Waals surface area contributed by atoms with Crippen molar-refractivity contribution in [2.45, 2.75) is 0 Å². The first-order valence-electron chi connectivity index (χ1n) is 17.7. The van der Waals surface area contributed by atoms with Gasteiger partial charge in [0.2, 0.25) is 0 Å². The van der Waals surface area contributed by atoms with E-state index in [0.29, 0.717) is 33.9 Å². The normalized spacial score (nSPS) is 11.1. The molecule has 9 heteroatoms. The molecule has 3 heterocycles. The number of benzene rings is 7. The van der Waals surface area contributed by atoms with E-state index in [2.05, 4.69) is 63.4 Å². The molecule has 7 aromatic carbocycles. The predicted octanol–water partition coefficient (Wildman–Crippen LogP) is 12.9. The number of rotatable bonds is 3. The van der Waals surface area contributed by atoms with Crippen LogP contribution in [0.25, 0.3) is 102 Å². The van der Waals surface area contributed by atoms with E-state index in [1.807, 2.05) is 72.8 Å². The summed E-state index contributed by atoms with van der Waals surface area (Å²) in [5.74, 6) is 0. The van der Waals surface area contributed by atoms with Gasteiger partial charge in [0, 0.05) is 10.8 Å². The average Bonchev–Trinajstić information content (AvgIpc) is 3.89. The summed E-state index contributed by atoms with van der Waals surface area (Å²) in [4.78, 5) is 14.8. The van der Waals surface area contributed by atoms with Gasteiger partial charge in [-0.05, 0) is 125 Å². The molecular weight excluding hydrogens is 703 g/mol. The largest absolute Gasteiger partial charge is 0.309 e. The molecule has 0 bridgehead atoms. The van der Waals surface area contributed by atoms with Crippen molar-refractivity contribution < 1.29 is 0 Å². The highest BCUT2D eigenvalue weighted by Gasteiger charge is 2.21. The average molecular weight is 724 g/mol. The first-order chi connectivity index (χ1) is 27.9. The highest BCUT2D eigenvalue weighted by atomic mass is 15.0. The molecule has 258 valence electrons. The fraction of sp³-hybridized carbons (Fsp3) is 0. The Hall–Kier alpha value is -9.12. The van der Waals surface area contributed by atoms with Crippen LogP contribution in [-0.4, -0.2) is 13.7 Å². The molecule has 10 rings (SSSR count). The van der Waals surface area contributed by atoms with Crippen LogP contribution in [0.3, 0.4) is 0 Å². The maximum Gasteiger partial charge on any atom is 0.188 e. The van der Waals surface area contributed by atoms with Crippen LogP contribution in [0.5, 0.6) is 0 Å². The second kappa shape index (κ2) is 12.2. The summed E-state index contributed by atoms with van der Waals surface area (Å²) in [5, 5.41) is 24.8. The molecule has 0 amide bonds. The second-order valence-electron chi connectivity index (χ2n) is 13.7. The predicted molar refractivity (Wildman–Crippen MR) is 224 cm³/mol. The van der Waals surface area contributed by atoms with Gasteiger partial charge < -0.3 is 13.7 Å².